The molecule has 0 atom stereocenters. The van der Waals surface area contributed by atoms with Gasteiger partial charge in [-0.1, -0.05) is 11.6 Å². The van der Waals surface area contributed by atoms with Crippen LogP contribution in [0, 0.1) is 0 Å². The van der Waals surface area contributed by atoms with Gasteiger partial charge in [0.15, 0.2) is 0 Å². The van der Waals surface area contributed by atoms with Gasteiger partial charge in [0.25, 0.3) is 0 Å². The number of hydrogen-bond acceptors (Lipinski definition) is 5. The number of nitrogens with one attached hydrogen (secondary N) is 1. The maximum atomic E-state index is 11.3. The highest BCUT2D eigenvalue weighted by molar-refractivity contribution is 7.58. The fourth-order valence-electron chi connectivity index (χ4n) is 1.29. The van der Waals surface area contributed by atoms with Gasteiger partial charge in [0, 0.05) is 20.1 Å². The summed E-state index contributed by atoms with van der Waals surface area (Å²) in [5.41, 5.74) is 0.782. The topological polar surface area (TPSA) is 69.0 Å². The third kappa shape index (κ3) is 5.69. The molecule has 0 aliphatic rings. The molecule has 0 aliphatic carbocycles. The van der Waals surface area contributed by atoms with Gasteiger partial charge in [0.2, 0.25) is 5.91 Å². The Balaban J connectivity index is 2.19. The molecule has 1 amide bonds. The second-order valence-electron chi connectivity index (χ2n) is 3.56. The van der Waals surface area contributed by atoms with Gasteiger partial charge in [0.1, 0.15) is 5.69 Å². The van der Waals surface area contributed by atoms with Crippen LogP contribution in [0.15, 0.2) is 6.20 Å². The molecule has 0 unspecified atom stereocenters. The molecule has 0 aliphatic heterocycles. The van der Waals surface area contributed by atoms with Crippen molar-refractivity contribution < 1.29 is 9.53 Å². The molecule has 0 bridgehead atoms. The first-order valence-corrected chi connectivity index (χ1v) is 6.06. The highest BCUT2D eigenvalue weighted by atomic mass is 32.1. The first kappa shape index (κ1) is 14.0. The zero-order valence-electron chi connectivity index (χ0n) is 9.89. The van der Waals surface area contributed by atoms with Crippen molar-refractivity contribution in [2.45, 2.75) is 26.0 Å². The van der Waals surface area contributed by atoms with E-state index in [9.17, 15) is 4.79 Å². The third-order valence-electron chi connectivity index (χ3n) is 2.09. The Morgan fingerprint density at radius 2 is 2.47 bits per heavy atom. The average molecular weight is 257 g/mol. The van der Waals surface area contributed by atoms with Crippen molar-refractivity contribution in [2.24, 2.45) is 0 Å². The van der Waals surface area contributed by atoms with Crippen LogP contribution < -0.4 is 5.32 Å². The molecule has 0 aromatic carbocycles. The van der Waals surface area contributed by atoms with Crippen LogP contribution in [0.3, 0.4) is 0 Å². The molecule has 0 saturated heterocycles. The van der Waals surface area contributed by atoms with Crippen LogP contribution in [0.25, 0.3) is 0 Å². The number of amides is 1. The summed E-state index contributed by atoms with van der Waals surface area (Å²) in [5, 5.41) is 10.6. The third-order valence-corrected chi connectivity index (χ3v) is 2.38. The summed E-state index contributed by atoms with van der Waals surface area (Å²) in [6, 6.07) is 0. The Hall–Kier alpha value is -1.08. The summed E-state index contributed by atoms with van der Waals surface area (Å²) in [5.74, 6) is 0.656. The van der Waals surface area contributed by atoms with Gasteiger partial charge in [-0.15, -0.1) is 5.10 Å². The fourth-order valence-corrected chi connectivity index (χ4v) is 1.44. The standard InChI is InChI=1S/C10H18N4O2S/c1-16-8-9-7-14(13-12-9)5-4-11-10(15)3-2-6-17/h7,17H,2-6,8H2,1H3,(H,11,15)/p-1. The van der Waals surface area contributed by atoms with E-state index in [1.165, 1.54) is 0 Å². The molecule has 1 aromatic heterocycles. The van der Waals surface area contributed by atoms with Crippen LogP contribution in [-0.2, 0) is 35.3 Å². The fraction of sp³-hybridized carbons (Fsp3) is 0.700. The van der Waals surface area contributed by atoms with E-state index in [-0.39, 0.29) is 5.91 Å². The van der Waals surface area contributed by atoms with Gasteiger partial charge in [-0.05, 0) is 0 Å². The summed E-state index contributed by atoms with van der Waals surface area (Å²) in [6.45, 7) is 1.60. The normalized spacial score (nSPS) is 10.5. The Morgan fingerprint density at radius 3 is 3.18 bits per heavy atom. The van der Waals surface area contributed by atoms with Crippen LogP contribution in [0.4, 0.5) is 0 Å². The summed E-state index contributed by atoms with van der Waals surface area (Å²) in [7, 11) is 1.61. The van der Waals surface area contributed by atoms with Gasteiger partial charge in [-0.3, -0.25) is 9.48 Å². The first-order valence-electron chi connectivity index (χ1n) is 5.49. The highest BCUT2D eigenvalue weighted by Crippen LogP contribution is 1.94. The van der Waals surface area contributed by atoms with Gasteiger partial charge in [-0.2, -0.15) is 5.75 Å². The lowest BCUT2D eigenvalue weighted by Gasteiger charge is -2.05. The van der Waals surface area contributed by atoms with Crippen molar-refractivity contribution >= 4 is 18.5 Å². The molecule has 1 N–H and O–H groups in total. The predicted octanol–water partition coefficient (Wildman–Crippen LogP) is -0.132. The molecule has 1 heterocycles. The molecular weight excluding hydrogens is 240 g/mol. The minimum absolute atomic E-state index is 0.0343. The SMILES string of the molecule is COCc1cn(CCNC(=O)CCC[S-])nn1. The Kier molecular flexibility index (Phi) is 6.64. The number of carbonyl (C=O) groups excluding carboxylic acids is 1. The molecule has 7 heteroatoms. The molecular formula is C10H17N4O2S-. The highest BCUT2D eigenvalue weighted by Gasteiger charge is 2.01. The molecule has 6 nitrogen and oxygen atoms in total. The maximum Gasteiger partial charge on any atom is 0.219 e. The van der Waals surface area contributed by atoms with Crippen molar-refractivity contribution in [1.29, 1.82) is 0 Å². The number of methoxy groups -OCH3 is 1. The summed E-state index contributed by atoms with van der Waals surface area (Å²) in [4.78, 5) is 11.3. The Labute approximate surface area is 106 Å². The minimum Gasteiger partial charge on any atom is -0.793 e. The molecule has 1 aromatic rings. The molecule has 0 fully saturated rings. The molecule has 17 heavy (non-hydrogen) atoms. The van der Waals surface area contributed by atoms with E-state index in [0.29, 0.717) is 31.9 Å². The lowest BCUT2D eigenvalue weighted by atomic mass is 10.3. The number of hydrogen-bond donors (Lipinski definition) is 1. The molecule has 1 rings (SSSR count). The second-order valence-corrected chi connectivity index (χ2v) is 3.97. The summed E-state index contributed by atoms with van der Waals surface area (Å²) < 4.78 is 6.62. The zero-order valence-corrected chi connectivity index (χ0v) is 10.7. The molecule has 96 valence electrons. The van der Waals surface area contributed by atoms with Gasteiger partial charge >= 0.3 is 0 Å². The van der Waals surface area contributed by atoms with Crippen LogP contribution in [0.2, 0.25) is 0 Å². The van der Waals surface area contributed by atoms with E-state index < -0.39 is 0 Å². The van der Waals surface area contributed by atoms with E-state index in [2.05, 4.69) is 15.6 Å². The average Bonchev–Trinajstić information content (AvgIpc) is 2.75. The second kappa shape index (κ2) is 8.08. The van der Waals surface area contributed by atoms with E-state index in [1.807, 2.05) is 0 Å². The number of ether oxygens (including phenoxy) is 1. The lowest BCUT2D eigenvalue weighted by molar-refractivity contribution is -0.121. The lowest BCUT2D eigenvalue weighted by Crippen LogP contribution is -2.27. The number of rotatable bonds is 8. The van der Waals surface area contributed by atoms with Crippen molar-refractivity contribution in [3.05, 3.63) is 11.9 Å². The molecule has 0 saturated carbocycles. The predicted molar refractivity (Wildman–Crippen MR) is 65.2 cm³/mol. The van der Waals surface area contributed by atoms with E-state index in [1.54, 1.807) is 18.0 Å². The molecule has 0 radical (unpaired) electrons. The van der Waals surface area contributed by atoms with Crippen molar-refractivity contribution in [2.75, 3.05) is 19.4 Å². The molecule has 0 spiro atoms. The van der Waals surface area contributed by atoms with Crippen LogP contribution in [0.5, 0.6) is 0 Å². The minimum atomic E-state index is 0.0343. The van der Waals surface area contributed by atoms with Crippen molar-refractivity contribution in [3.63, 3.8) is 0 Å². The number of carbonyl (C=O) groups is 1. The van der Waals surface area contributed by atoms with Crippen LogP contribution >= 0.6 is 0 Å². The maximum absolute atomic E-state index is 11.3. The Bertz CT molecular complexity index is 343. The number of aromatic nitrogens is 3. The van der Waals surface area contributed by atoms with E-state index >= 15 is 0 Å². The van der Waals surface area contributed by atoms with Crippen molar-refractivity contribution in [3.8, 4) is 0 Å². The van der Waals surface area contributed by atoms with Crippen LogP contribution in [0.1, 0.15) is 18.5 Å². The van der Waals surface area contributed by atoms with Crippen molar-refractivity contribution in [1.82, 2.24) is 20.3 Å². The zero-order chi connectivity index (χ0) is 12.5. The van der Waals surface area contributed by atoms with E-state index in [0.717, 1.165) is 12.1 Å². The van der Waals surface area contributed by atoms with Gasteiger partial charge < -0.3 is 22.7 Å². The van der Waals surface area contributed by atoms with Gasteiger partial charge in [0.05, 0.1) is 19.3 Å². The monoisotopic (exact) mass is 257 g/mol. The van der Waals surface area contributed by atoms with Crippen LogP contribution in [-0.4, -0.2) is 40.3 Å². The smallest absolute Gasteiger partial charge is 0.219 e. The quantitative estimate of drug-likeness (QED) is 0.657. The van der Waals surface area contributed by atoms with E-state index in [4.69, 9.17) is 17.4 Å². The Morgan fingerprint density at radius 1 is 1.65 bits per heavy atom. The number of nitrogens with zero attached hydrogens (tertiary/aromatic N) is 3. The largest absolute Gasteiger partial charge is 0.793 e. The summed E-state index contributed by atoms with van der Waals surface area (Å²) in [6.07, 6.45) is 3.05. The first-order chi connectivity index (χ1) is 8.26. The van der Waals surface area contributed by atoms with Gasteiger partial charge in [-0.25, -0.2) is 0 Å². The summed E-state index contributed by atoms with van der Waals surface area (Å²) >= 11 is 4.77.